The molecule has 182 valence electrons. The normalized spacial score (nSPS) is 18.5. The number of para-hydroxylation sites is 1. The minimum atomic E-state index is -0.106. The third kappa shape index (κ3) is 5.61. The van der Waals surface area contributed by atoms with Crippen LogP contribution in [0.25, 0.3) is 0 Å². The van der Waals surface area contributed by atoms with Gasteiger partial charge in [0.15, 0.2) is 0 Å². The Kier molecular flexibility index (Phi) is 8.22. The van der Waals surface area contributed by atoms with Crippen LogP contribution in [-0.4, -0.2) is 73.5 Å². The highest BCUT2D eigenvalue weighted by Gasteiger charge is 2.28. The maximum Gasteiger partial charge on any atom is 0.256 e. The highest BCUT2D eigenvalue weighted by molar-refractivity contribution is 6.00. The minimum absolute atomic E-state index is 0.106. The Hall–Kier alpha value is -2.86. The number of amides is 2. The van der Waals surface area contributed by atoms with Crippen LogP contribution in [0.4, 0.5) is 5.69 Å². The predicted octanol–water partition coefficient (Wildman–Crippen LogP) is 3.74. The second kappa shape index (κ2) is 11.5. The van der Waals surface area contributed by atoms with Gasteiger partial charge in [-0.3, -0.25) is 9.59 Å². The van der Waals surface area contributed by atoms with Crippen LogP contribution in [0.5, 0.6) is 0 Å². The first kappa shape index (κ1) is 24.3. The lowest BCUT2D eigenvalue weighted by atomic mass is 9.94. The van der Waals surface area contributed by atoms with Gasteiger partial charge >= 0.3 is 0 Å². The molecule has 2 amide bonds. The van der Waals surface area contributed by atoms with E-state index in [2.05, 4.69) is 35.0 Å². The highest BCUT2D eigenvalue weighted by Crippen LogP contribution is 2.27. The molecule has 0 radical (unpaired) electrons. The summed E-state index contributed by atoms with van der Waals surface area (Å²) in [7, 11) is 0. The number of benzene rings is 2. The second-order valence-corrected chi connectivity index (χ2v) is 9.39. The summed E-state index contributed by atoms with van der Waals surface area (Å²) in [6.45, 7) is 10.4. The van der Waals surface area contributed by atoms with Crippen LogP contribution < -0.4 is 10.2 Å². The van der Waals surface area contributed by atoms with E-state index in [0.717, 1.165) is 81.9 Å². The summed E-state index contributed by atoms with van der Waals surface area (Å²) < 4.78 is 0. The Morgan fingerprint density at radius 1 is 0.882 bits per heavy atom. The van der Waals surface area contributed by atoms with Crippen molar-refractivity contribution in [3.8, 4) is 0 Å². The van der Waals surface area contributed by atoms with Crippen molar-refractivity contribution in [2.24, 2.45) is 0 Å². The van der Waals surface area contributed by atoms with E-state index >= 15 is 0 Å². The van der Waals surface area contributed by atoms with Gasteiger partial charge in [0.1, 0.15) is 0 Å². The van der Waals surface area contributed by atoms with E-state index in [9.17, 15) is 9.59 Å². The summed E-state index contributed by atoms with van der Waals surface area (Å²) in [5.74, 6) is 0.148. The SMILES string of the molecule is CC[C@H](C(=O)NC1CCN(c2ccccc2C(=O)N2CCN(CC)CC2)CC1)c1ccccc1. The first-order chi connectivity index (χ1) is 16.6. The van der Waals surface area contributed by atoms with Gasteiger partial charge in [0.25, 0.3) is 5.91 Å². The summed E-state index contributed by atoms with van der Waals surface area (Å²) in [4.78, 5) is 33.0. The molecular formula is C28H38N4O2. The van der Waals surface area contributed by atoms with Crippen molar-refractivity contribution in [3.63, 3.8) is 0 Å². The van der Waals surface area contributed by atoms with Crippen LogP contribution in [0, 0.1) is 0 Å². The van der Waals surface area contributed by atoms with Crippen LogP contribution in [-0.2, 0) is 4.79 Å². The van der Waals surface area contributed by atoms with Crippen molar-refractivity contribution in [3.05, 3.63) is 65.7 Å². The molecule has 2 aromatic carbocycles. The number of piperidine rings is 1. The molecule has 2 aliphatic heterocycles. The number of hydrogen-bond donors (Lipinski definition) is 1. The van der Waals surface area contributed by atoms with Gasteiger partial charge in [-0.05, 0) is 43.5 Å². The van der Waals surface area contributed by atoms with Crippen molar-refractivity contribution in [2.75, 3.05) is 50.7 Å². The molecule has 0 aliphatic carbocycles. The number of nitrogens with zero attached hydrogens (tertiary/aromatic N) is 3. The maximum absolute atomic E-state index is 13.3. The second-order valence-electron chi connectivity index (χ2n) is 9.39. The van der Waals surface area contributed by atoms with Crippen molar-refractivity contribution in [1.29, 1.82) is 0 Å². The molecule has 2 aromatic rings. The third-order valence-electron chi connectivity index (χ3n) is 7.35. The Bertz CT molecular complexity index is 948. The largest absolute Gasteiger partial charge is 0.371 e. The lowest BCUT2D eigenvalue weighted by Crippen LogP contribution is -2.49. The van der Waals surface area contributed by atoms with Gasteiger partial charge in [-0.1, -0.05) is 56.3 Å². The summed E-state index contributed by atoms with van der Waals surface area (Å²) >= 11 is 0. The Morgan fingerprint density at radius 2 is 1.53 bits per heavy atom. The van der Waals surface area contributed by atoms with Gasteiger partial charge < -0.3 is 20.0 Å². The molecule has 6 nitrogen and oxygen atoms in total. The van der Waals surface area contributed by atoms with E-state index in [1.807, 2.05) is 53.4 Å². The van der Waals surface area contributed by atoms with Crippen molar-refractivity contribution in [2.45, 2.75) is 45.1 Å². The van der Waals surface area contributed by atoms with Crippen molar-refractivity contribution >= 4 is 17.5 Å². The number of anilines is 1. The van der Waals surface area contributed by atoms with E-state index < -0.39 is 0 Å². The molecule has 2 aliphatic rings. The maximum atomic E-state index is 13.3. The first-order valence-corrected chi connectivity index (χ1v) is 12.8. The number of carbonyl (C=O) groups is 2. The Labute approximate surface area is 203 Å². The van der Waals surface area contributed by atoms with Gasteiger partial charge in [0.05, 0.1) is 11.5 Å². The fourth-order valence-corrected chi connectivity index (χ4v) is 5.19. The number of carbonyl (C=O) groups excluding carboxylic acids is 2. The summed E-state index contributed by atoms with van der Waals surface area (Å²) in [6, 6.07) is 18.2. The minimum Gasteiger partial charge on any atom is -0.371 e. The number of likely N-dealkylation sites (N-methyl/N-ethyl adjacent to an activating group) is 1. The highest BCUT2D eigenvalue weighted by atomic mass is 16.2. The molecule has 1 atom stereocenters. The van der Waals surface area contributed by atoms with Gasteiger partial charge in [0.2, 0.25) is 5.91 Å². The van der Waals surface area contributed by atoms with Gasteiger partial charge in [-0.25, -0.2) is 0 Å². The van der Waals surface area contributed by atoms with E-state index in [1.54, 1.807) is 0 Å². The first-order valence-electron chi connectivity index (χ1n) is 12.8. The molecule has 0 saturated carbocycles. The topological polar surface area (TPSA) is 55.9 Å². The zero-order chi connectivity index (χ0) is 23.9. The summed E-state index contributed by atoms with van der Waals surface area (Å²) in [5, 5.41) is 3.29. The van der Waals surface area contributed by atoms with Gasteiger partial charge in [-0.2, -0.15) is 0 Å². The van der Waals surface area contributed by atoms with Gasteiger partial charge in [0, 0.05) is 51.0 Å². The lowest BCUT2D eigenvalue weighted by Gasteiger charge is -2.37. The van der Waals surface area contributed by atoms with Crippen LogP contribution >= 0.6 is 0 Å². The summed E-state index contributed by atoms with van der Waals surface area (Å²) in [5.41, 5.74) is 2.89. The molecule has 6 heteroatoms. The van der Waals surface area contributed by atoms with E-state index in [1.165, 1.54) is 0 Å². The quantitative estimate of drug-likeness (QED) is 0.681. The standard InChI is InChI=1S/C28H38N4O2/c1-3-24(22-10-6-5-7-11-22)27(33)29-23-14-16-31(17-15-23)26-13-9-8-12-25(26)28(34)32-20-18-30(4-2)19-21-32/h5-13,23-24H,3-4,14-21H2,1-2H3,(H,29,33)/t24-/m0/s1. The fourth-order valence-electron chi connectivity index (χ4n) is 5.19. The van der Waals surface area contributed by atoms with Crippen LogP contribution in [0.3, 0.4) is 0 Å². The van der Waals surface area contributed by atoms with E-state index in [0.29, 0.717) is 0 Å². The third-order valence-corrected chi connectivity index (χ3v) is 7.35. The van der Waals surface area contributed by atoms with Crippen LogP contribution in [0.2, 0.25) is 0 Å². The van der Waals surface area contributed by atoms with Gasteiger partial charge in [-0.15, -0.1) is 0 Å². The molecule has 34 heavy (non-hydrogen) atoms. The predicted molar refractivity (Wildman–Crippen MR) is 137 cm³/mol. The molecular weight excluding hydrogens is 424 g/mol. The summed E-state index contributed by atoms with van der Waals surface area (Å²) in [6.07, 6.45) is 2.56. The molecule has 2 fully saturated rings. The zero-order valence-corrected chi connectivity index (χ0v) is 20.6. The number of hydrogen-bond acceptors (Lipinski definition) is 4. The molecule has 0 spiro atoms. The number of rotatable bonds is 7. The fraction of sp³-hybridized carbons (Fsp3) is 0.500. The molecule has 4 rings (SSSR count). The van der Waals surface area contributed by atoms with E-state index in [-0.39, 0.29) is 23.8 Å². The smallest absolute Gasteiger partial charge is 0.256 e. The van der Waals surface area contributed by atoms with E-state index in [4.69, 9.17) is 0 Å². The molecule has 1 N–H and O–H groups in total. The van der Waals surface area contributed by atoms with Crippen molar-refractivity contribution < 1.29 is 9.59 Å². The van der Waals surface area contributed by atoms with Crippen molar-refractivity contribution in [1.82, 2.24) is 15.1 Å². The average Bonchev–Trinajstić information content (AvgIpc) is 2.90. The Morgan fingerprint density at radius 3 is 2.18 bits per heavy atom. The Balaban J connectivity index is 1.35. The average molecular weight is 463 g/mol. The molecule has 2 heterocycles. The zero-order valence-electron chi connectivity index (χ0n) is 20.6. The molecule has 2 saturated heterocycles. The van der Waals surface area contributed by atoms with Crippen LogP contribution in [0.15, 0.2) is 54.6 Å². The van der Waals surface area contributed by atoms with Crippen LogP contribution in [0.1, 0.15) is 54.9 Å². The number of piperazine rings is 1. The molecule has 0 aromatic heterocycles. The monoisotopic (exact) mass is 462 g/mol. The number of nitrogens with one attached hydrogen (secondary N) is 1. The molecule has 0 bridgehead atoms. The molecule has 0 unspecified atom stereocenters. The lowest BCUT2D eigenvalue weighted by molar-refractivity contribution is -0.123.